The lowest BCUT2D eigenvalue weighted by atomic mass is 9.80. The van der Waals surface area contributed by atoms with Gasteiger partial charge in [0.2, 0.25) is 0 Å². The van der Waals surface area contributed by atoms with Crippen LogP contribution in [0.15, 0.2) is 0 Å². The molecule has 0 spiro atoms. The van der Waals surface area contributed by atoms with Crippen molar-refractivity contribution in [1.29, 1.82) is 0 Å². The van der Waals surface area contributed by atoms with Crippen LogP contribution in [0.4, 0.5) is 0 Å². The molecule has 0 saturated carbocycles. The summed E-state index contributed by atoms with van der Waals surface area (Å²) in [6, 6.07) is 0. The third-order valence-electron chi connectivity index (χ3n) is 2.49. The van der Waals surface area contributed by atoms with E-state index in [-0.39, 0.29) is 0 Å². The van der Waals surface area contributed by atoms with Crippen LogP contribution in [0, 0.1) is 11.3 Å². The highest BCUT2D eigenvalue weighted by Crippen LogP contribution is 2.37. The predicted molar refractivity (Wildman–Crippen MR) is 47.6 cm³/mol. The standard InChI is InChI=1S/C10H20O/c1-7(2)8-6-9(11-8)10(3,4)5/h7-9H,6H2,1-5H3. The number of hydrogen-bond acceptors (Lipinski definition) is 1. The Kier molecular flexibility index (Phi) is 2.29. The SMILES string of the molecule is CC(C)C1CC(C(C)(C)C)O1. The van der Waals surface area contributed by atoms with Crippen LogP contribution in [0.2, 0.25) is 0 Å². The molecule has 0 aromatic rings. The van der Waals surface area contributed by atoms with Gasteiger partial charge in [-0.05, 0) is 11.3 Å². The first kappa shape index (κ1) is 9.05. The van der Waals surface area contributed by atoms with Gasteiger partial charge in [0.25, 0.3) is 0 Å². The molecule has 1 nitrogen and oxygen atoms in total. The highest BCUT2D eigenvalue weighted by molar-refractivity contribution is 4.87. The maximum atomic E-state index is 5.77. The minimum atomic E-state index is 0.339. The molecule has 1 heteroatoms. The molecule has 1 rings (SSSR count). The van der Waals surface area contributed by atoms with E-state index in [1.807, 2.05) is 0 Å². The van der Waals surface area contributed by atoms with Gasteiger partial charge in [0.05, 0.1) is 12.2 Å². The van der Waals surface area contributed by atoms with Crippen LogP contribution in [-0.2, 0) is 4.74 Å². The Labute approximate surface area is 70.1 Å². The van der Waals surface area contributed by atoms with Crippen LogP contribution in [0.1, 0.15) is 41.0 Å². The van der Waals surface area contributed by atoms with Gasteiger partial charge >= 0.3 is 0 Å². The molecule has 2 unspecified atom stereocenters. The lowest BCUT2D eigenvalue weighted by molar-refractivity contribution is -0.185. The Bertz CT molecular complexity index is 126. The topological polar surface area (TPSA) is 9.23 Å². The zero-order chi connectivity index (χ0) is 8.65. The van der Waals surface area contributed by atoms with Crippen molar-refractivity contribution < 1.29 is 4.74 Å². The van der Waals surface area contributed by atoms with E-state index >= 15 is 0 Å². The molecule has 1 aliphatic rings. The molecule has 1 heterocycles. The van der Waals surface area contributed by atoms with Crippen molar-refractivity contribution in [3.63, 3.8) is 0 Å². The molecule has 0 aromatic heterocycles. The van der Waals surface area contributed by atoms with E-state index in [9.17, 15) is 0 Å². The molecule has 2 atom stereocenters. The van der Waals surface area contributed by atoms with Gasteiger partial charge in [-0.1, -0.05) is 34.6 Å². The minimum absolute atomic E-state index is 0.339. The lowest BCUT2D eigenvalue weighted by Gasteiger charge is -2.45. The van der Waals surface area contributed by atoms with E-state index in [0.717, 1.165) is 0 Å². The van der Waals surface area contributed by atoms with Crippen molar-refractivity contribution in [2.24, 2.45) is 11.3 Å². The van der Waals surface area contributed by atoms with E-state index in [2.05, 4.69) is 34.6 Å². The van der Waals surface area contributed by atoms with Gasteiger partial charge in [-0.15, -0.1) is 0 Å². The smallest absolute Gasteiger partial charge is 0.0652 e. The van der Waals surface area contributed by atoms with E-state index in [4.69, 9.17) is 4.74 Å². The summed E-state index contributed by atoms with van der Waals surface area (Å²) in [5.41, 5.74) is 0.339. The summed E-state index contributed by atoms with van der Waals surface area (Å²) >= 11 is 0. The van der Waals surface area contributed by atoms with E-state index in [1.165, 1.54) is 6.42 Å². The van der Waals surface area contributed by atoms with E-state index < -0.39 is 0 Å². The maximum Gasteiger partial charge on any atom is 0.0652 e. The molecule has 11 heavy (non-hydrogen) atoms. The molecule has 0 bridgehead atoms. The van der Waals surface area contributed by atoms with Crippen LogP contribution in [0.3, 0.4) is 0 Å². The molecular weight excluding hydrogens is 136 g/mol. The summed E-state index contributed by atoms with van der Waals surface area (Å²) in [5.74, 6) is 0.689. The Morgan fingerprint density at radius 3 is 2.00 bits per heavy atom. The summed E-state index contributed by atoms with van der Waals surface area (Å²) in [4.78, 5) is 0. The van der Waals surface area contributed by atoms with Crippen LogP contribution >= 0.6 is 0 Å². The van der Waals surface area contributed by atoms with Crippen molar-refractivity contribution in [2.45, 2.75) is 53.2 Å². The number of ether oxygens (including phenoxy) is 1. The van der Waals surface area contributed by atoms with Crippen molar-refractivity contribution in [1.82, 2.24) is 0 Å². The van der Waals surface area contributed by atoms with Crippen LogP contribution in [0.25, 0.3) is 0 Å². The highest BCUT2D eigenvalue weighted by Gasteiger charge is 2.39. The van der Waals surface area contributed by atoms with Gasteiger partial charge in [-0.3, -0.25) is 0 Å². The second-order valence-corrected chi connectivity index (χ2v) is 5.01. The van der Waals surface area contributed by atoms with E-state index in [0.29, 0.717) is 23.5 Å². The molecule has 0 radical (unpaired) electrons. The number of rotatable bonds is 1. The largest absolute Gasteiger partial charge is 0.374 e. The Morgan fingerprint density at radius 2 is 1.73 bits per heavy atom. The Hall–Kier alpha value is -0.0400. The quantitative estimate of drug-likeness (QED) is 0.567. The molecule has 0 aliphatic carbocycles. The monoisotopic (exact) mass is 156 g/mol. The average Bonchev–Trinajstić information content (AvgIpc) is 1.51. The molecule has 0 aromatic carbocycles. The third kappa shape index (κ3) is 1.96. The lowest BCUT2D eigenvalue weighted by Crippen LogP contribution is -2.47. The van der Waals surface area contributed by atoms with Crippen molar-refractivity contribution in [2.75, 3.05) is 0 Å². The first-order chi connectivity index (χ1) is 4.91. The van der Waals surface area contributed by atoms with Crippen molar-refractivity contribution in [3.8, 4) is 0 Å². The predicted octanol–water partition coefficient (Wildman–Crippen LogP) is 2.85. The second-order valence-electron chi connectivity index (χ2n) is 5.01. The molecule has 1 fully saturated rings. The molecular formula is C10H20O. The van der Waals surface area contributed by atoms with Gasteiger partial charge in [0.15, 0.2) is 0 Å². The third-order valence-corrected chi connectivity index (χ3v) is 2.49. The normalized spacial score (nSPS) is 32.2. The van der Waals surface area contributed by atoms with Gasteiger partial charge in [-0.25, -0.2) is 0 Å². The molecule has 0 amide bonds. The molecule has 1 saturated heterocycles. The molecule has 66 valence electrons. The number of hydrogen-bond donors (Lipinski definition) is 0. The van der Waals surface area contributed by atoms with Crippen LogP contribution < -0.4 is 0 Å². The van der Waals surface area contributed by atoms with Crippen LogP contribution in [0.5, 0.6) is 0 Å². The first-order valence-electron chi connectivity index (χ1n) is 4.56. The molecule has 1 aliphatic heterocycles. The summed E-state index contributed by atoms with van der Waals surface area (Å²) in [6.07, 6.45) is 2.27. The van der Waals surface area contributed by atoms with Crippen LogP contribution in [-0.4, -0.2) is 12.2 Å². The summed E-state index contributed by atoms with van der Waals surface area (Å²) in [5, 5.41) is 0. The minimum Gasteiger partial charge on any atom is -0.374 e. The zero-order valence-electron chi connectivity index (χ0n) is 8.35. The van der Waals surface area contributed by atoms with E-state index in [1.54, 1.807) is 0 Å². The van der Waals surface area contributed by atoms with Gasteiger partial charge < -0.3 is 4.74 Å². The summed E-state index contributed by atoms with van der Waals surface area (Å²) in [6.45, 7) is 11.2. The maximum absolute atomic E-state index is 5.77. The summed E-state index contributed by atoms with van der Waals surface area (Å²) in [7, 11) is 0. The van der Waals surface area contributed by atoms with Crippen molar-refractivity contribution >= 4 is 0 Å². The average molecular weight is 156 g/mol. The highest BCUT2D eigenvalue weighted by atomic mass is 16.5. The Morgan fingerprint density at radius 1 is 1.27 bits per heavy atom. The fourth-order valence-corrected chi connectivity index (χ4v) is 1.40. The second kappa shape index (κ2) is 2.78. The van der Waals surface area contributed by atoms with Gasteiger partial charge in [0, 0.05) is 6.42 Å². The fourth-order valence-electron chi connectivity index (χ4n) is 1.40. The zero-order valence-corrected chi connectivity index (χ0v) is 8.35. The fraction of sp³-hybridized carbons (Fsp3) is 1.00. The first-order valence-corrected chi connectivity index (χ1v) is 4.56. The Balaban J connectivity index is 2.30. The van der Waals surface area contributed by atoms with Gasteiger partial charge in [-0.2, -0.15) is 0 Å². The van der Waals surface area contributed by atoms with Gasteiger partial charge in [0.1, 0.15) is 0 Å². The molecule has 0 N–H and O–H groups in total. The van der Waals surface area contributed by atoms with Crippen molar-refractivity contribution in [3.05, 3.63) is 0 Å². The summed E-state index contributed by atoms with van der Waals surface area (Å²) < 4.78 is 5.77.